The topological polar surface area (TPSA) is 82.9 Å². The van der Waals surface area contributed by atoms with Gasteiger partial charge in [-0.3, -0.25) is 19.6 Å². The average Bonchev–Trinajstić information content (AvgIpc) is 3.30. The van der Waals surface area contributed by atoms with Crippen LogP contribution in [0, 0.1) is 0 Å². The molecule has 3 aromatic rings. The second kappa shape index (κ2) is 11.4. The molecule has 2 aliphatic rings. The third-order valence-electron chi connectivity index (χ3n) is 5.93. The first kappa shape index (κ1) is 25.4. The maximum atomic E-state index is 12.9. The molecule has 6 nitrogen and oxygen atoms in total. The number of aliphatic imine (C=N–C) groups is 2. The number of hydrogen-bond donors (Lipinski definition) is 2. The summed E-state index contributed by atoms with van der Waals surface area (Å²) in [5.41, 5.74) is 5.44. The molecule has 0 radical (unpaired) electrons. The summed E-state index contributed by atoms with van der Waals surface area (Å²) < 4.78 is 0. The minimum Gasteiger partial charge on any atom is -0.324 e. The van der Waals surface area contributed by atoms with Crippen LogP contribution in [0.3, 0.4) is 0 Å². The van der Waals surface area contributed by atoms with E-state index in [9.17, 15) is 9.59 Å². The van der Waals surface area contributed by atoms with Gasteiger partial charge in [0, 0.05) is 44.1 Å². The number of carbonyl (C=O) groups excluding carboxylic acids is 2. The lowest BCUT2D eigenvalue weighted by atomic mass is 9.98. The largest absolute Gasteiger partial charge is 0.324 e. The van der Waals surface area contributed by atoms with Gasteiger partial charge in [0.15, 0.2) is 0 Å². The van der Waals surface area contributed by atoms with Crippen LogP contribution in [0.4, 0.5) is 5.69 Å². The second-order valence-electron chi connectivity index (χ2n) is 8.50. The number of allylic oxidation sites excluding steroid dienone is 5. The molecule has 0 bridgehead atoms. The van der Waals surface area contributed by atoms with Crippen LogP contribution in [0.25, 0.3) is 0 Å². The van der Waals surface area contributed by atoms with Gasteiger partial charge in [-0.1, -0.05) is 83.9 Å². The van der Waals surface area contributed by atoms with Crippen LogP contribution < -0.4 is 10.6 Å². The van der Waals surface area contributed by atoms with Crippen LogP contribution in [-0.4, -0.2) is 36.3 Å². The molecule has 8 heteroatoms. The molecule has 0 spiro atoms. The molecule has 0 saturated heterocycles. The zero-order valence-electron chi connectivity index (χ0n) is 20.1. The lowest BCUT2D eigenvalue weighted by Crippen LogP contribution is -2.33. The summed E-state index contributed by atoms with van der Waals surface area (Å²) in [6.45, 7) is 0.753. The summed E-state index contributed by atoms with van der Waals surface area (Å²) in [6, 6.07) is 24.3. The van der Waals surface area contributed by atoms with E-state index in [2.05, 4.69) is 10.6 Å². The van der Waals surface area contributed by atoms with Crippen molar-refractivity contribution in [2.45, 2.75) is 0 Å². The van der Waals surface area contributed by atoms with E-state index in [0.29, 0.717) is 51.4 Å². The Hall–Kier alpha value is -4.26. The highest BCUT2D eigenvalue weighted by atomic mass is 35.5. The van der Waals surface area contributed by atoms with Crippen molar-refractivity contribution >= 4 is 52.1 Å². The van der Waals surface area contributed by atoms with E-state index in [-0.39, 0.29) is 0 Å². The highest BCUT2D eigenvalue weighted by Gasteiger charge is 2.22. The van der Waals surface area contributed by atoms with Crippen molar-refractivity contribution in [1.82, 2.24) is 5.32 Å². The van der Waals surface area contributed by atoms with Crippen molar-refractivity contribution < 1.29 is 9.59 Å². The van der Waals surface area contributed by atoms with E-state index in [0.717, 1.165) is 16.7 Å². The number of fused-ring (bicyclic) bond motifs is 2. The fraction of sp³-hybridized carbons (Fsp3) is 0.0667. The Morgan fingerprint density at radius 2 is 1.34 bits per heavy atom. The standard InChI is InChI=1S/C30H22Cl2N4O2/c31-22-11-12-26-25(16-22)28(20-9-5-2-6-10-20)34-14-13-33-27(19-7-3-1-4-8-19)24-17-23(32)15-21(24)18-35-29(37)30(38)36-26/h1-12,15-18H,13-14H2,(H,35,37)(H,36,38)/b21-18-,33-27?,34-28?. The Morgan fingerprint density at radius 1 is 0.711 bits per heavy atom. The van der Waals surface area contributed by atoms with Gasteiger partial charge in [-0.25, -0.2) is 0 Å². The maximum absolute atomic E-state index is 12.9. The van der Waals surface area contributed by atoms with Crippen molar-refractivity contribution in [3.05, 3.63) is 135 Å². The molecular weight excluding hydrogens is 519 g/mol. The van der Waals surface area contributed by atoms with E-state index in [1.54, 1.807) is 30.4 Å². The van der Waals surface area contributed by atoms with Gasteiger partial charge in [0.05, 0.1) is 30.2 Å². The number of benzene rings is 3. The molecular formula is C30H22Cl2N4O2. The van der Waals surface area contributed by atoms with Crippen molar-refractivity contribution in [3.8, 4) is 0 Å². The Kier molecular flexibility index (Phi) is 7.63. The Bertz CT molecular complexity index is 1560. The first-order valence-corrected chi connectivity index (χ1v) is 12.7. The number of halogens is 2. The molecule has 0 unspecified atom stereocenters. The summed E-state index contributed by atoms with van der Waals surface area (Å²) in [7, 11) is 0. The smallest absolute Gasteiger partial charge is 0.314 e. The van der Waals surface area contributed by atoms with Crippen LogP contribution in [-0.2, 0) is 9.59 Å². The van der Waals surface area contributed by atoms with Crippen LogP contribution in [0.2, 0.25) is 5.02 Å². The van der Waals surface area contributed by atoms with E-state index in [1.807, 2.05) is 60.7 Å². The SMILES string of the molecule is O=C1N/C=C2/C=C(Cl)C=C2C(c2ccccc2)=NCCN=C(c2ccccc2)c2cc(Cl)ccc2NC1=O. The highest BCUT2D eigenvalue weighted by molar-refractivity contribution is 6.40. The van der Waals surface area contributed by atoms with Gasteiger partial charge in [-0.15, -0.1) is 0 Å². The van der Waals surface area contributed by atoms with E-state index in [4.69, 9.17) is 33.2 Å². The molecule has 1 aliphatic heterocycles. The van der Waals surface area contributed by atoms with E-state index < -0.39 is 11.8 Å². The monoisotopic (exact) mass is 540 g/mol. The van der Waals surface area contributed by atoms with Gasteiger partial charge in [0.1, 0.15) is 0 Å². The summed E-state index contributed by atoms with van der Waals surface area (Å²) in [4.78, 5) is 35.4. The Balaban J connectivity index is 1.65. The lowest BCUT2D eigenvalue weighted by molar-refractivity contribution is -0.135. The third-order valence-corrected chi connectivity index (χ3v) is 6.38. The summed E-state index contributed by atoms with van der Waals surface area (Å²) in [6.07, 6.45) is 4.98. The molecule has 38 heavy (non-hydrogen) atoms. The van der Waals surface area contributed by atoms with Gasteiger partial charge in [-0.2, -0.15) is 0 Å². The van der Waals surface area contributed by atoms with Crippen molar-refractivity contribution in [3.63, 3.8) is 0 Å². The minimum atomic E-state index is -0.833. The molecule has 188 valence electrons. The lowest BCUT2D eigenvalue weighted by Gasteiger charge is -2.14. The summed E-state index contributed by atoms with van der Waals surface area (Å²) >= 11 is 12.7. The maximum Gasteiger partial charge on any atom is 0.314 e. The van der Waals surface area contributed by atoms with Gasteiger partial charge < -0.3 is 10.6 Å². The van der Waals surface area contributed by atoms with Crippen molar-refractivity contribution in [2.75, 3.05) is 18.4 Å². The van der Waals surface area contributed by atoms with Gasteiger partial charge in [0.2, 0.25) is 0 Å². The van der Waals surface area contributed by atoms with Gasteiger partial charge in [-0.05, 0) is 30.4 Å². The van der Waals surface area contributed by atoms with Gasteiger partial charge >= 0.3 is 11.8 Å². The molecule has 2 amide bonds. The molecule has 0 saturated carbocycles. The number of nitrogens with one attached hydrogen (secondary N) is 2. The molecule has 1 aliphatic carbocycles. The van der Waals surface area contributed by atoms with Crippen molar-refractivity contribution in [1.29, 1.82) is 0 Å². The first-order chi connectivity index (χ1) is 18.5. The summed E-state index contributed by atoms with van der Waals surface area (Å²) in [5, 5.41) is 6.25. The zero-order chi connectivity index (χ0) is 26.5. The van der Waals surface area contributed by atoms with Crippen LogP contribution in [0.15, 0.2) is 123 Å². The zero-order valence-corrected chi connectivity index (χ0v) is 21.6. The molecule has 0 fully saturated rings. The predicted molar refractivity (Wildman–Crippen MR) is 153 cm³/mol. The quantitative estimate of drug-likeness (QED) is 0.410. The fourth-order valence-corrected chi connectivity index (χ4v) is 4.60. The highest BCUT2D eigenvalue weighted by Crippen LogP contribution is 2.29. The second-order valence-corrected chi connectivity index (χ2v) is 9.37. The van der Waals surface area contributed by atoms with Gasteiger partial charge in [0.25, 0.3) is 0 Å². The molecule has 5 rings (SSSR count). The van der Waals surface area contributed by atoms with Crippen LogP contribution >= 0.6 is 23.2 Å². The van der Waals surface area contributed by atoms with Crippen LogP contribution in [0.5, 0.6) is 0 Å². The number of rotatable bonds is 2. The number of carbonyl (C=O) groups is 2. The molecule has 2 N–H and O–H groups in total. The van der Waals surface area contributed by atoms with E-state index in [1.165, 1.54) is 6.20 Å². The normalized spacial score (nSPS) is 17.6. The number of nitrogens with zero attached hydrogens (tertiary/aromatic N) is 2. The average molecular weight is 541 g/mol. The predicted octanol–water partition coefficient (Wildman–Crippen LogP) is 5.68. The molecule has 1 heterocycles. The minimum absolute atomic E-state index is 0.366. The van der Waals surface area contributed by atoms with Crippen LogP contribution in [0.1, 0.15) is 16.7 Å². The molecule has 0 aromatic heterocycles. The molecule has 3 aromatic carbocycles. The number of amides is 2. The number of anilines is 1. The molecule has 0 atom stereocenters. The Labute approximate surface area is 230 Å². The first-order valence-electron chi connectivity index (χ1n) is 11.9. The number of hydrogen-bond acceptors (Lipinski definition) is 4. The fourth-order valence-electron chi connectivity index (χ4n) is 4.20. The van der Waals surface area contributed by atoms with E-state index >= 15 is 0 Å². The third kappa shape index (κ3) is 5.67. The Morgan fingerprint density at radius 3 is 2.03 bits per heavy atom. The van der Waals surface area contributed by atoms with Crippen molar-refractivity contribution in [2.24, 2.45) is 9.98 Å². The summed E-state index contributed by atoms with van der Waals surface area (Å²) in [5.74, 6) is -1.66.